The number of carbonyl (C=O) groups is 3. The summed E-state index contributed by atoms with van der Waals surface area (Å²) in [5, 5.41) is 2.51. The maximum atomic E-state index is 13.3. The van der Waals surface area contributed by atoms with E-state index in [-0.39, 0.29) is 12.4 Å². The van der Waals surface area contributed by atoms with Crippen molar-refractivity contribution in [2.24, 2.45) is 0 Å². The lowest BCUT2D eigenvalue weighted by molar-refractivity contribution is -0.149. The Morgan fingerprint density at radius 3 is 2.33 bits per heavy atom. The Bertz CT molecular complexity index is 806. The number of ether oxygens (including phenoxy) is 3. The van der Waals surface area contributed by atoms with Gasteiger partial charge in [0.25, 0.3) is 5.91 Å². The number of nitrogens with one attached hydrogen (secondary N) is 1. The molecule has 7 nitrogen and oxygen atoms in total. The molecule has 27 heavy (non-hydrogen) atoms. The lowest BCUT2D eigenvalue weighted by atomic mass is 10.2. The molecule has 0 aliphatic rings. The molecular weight excluding hydrogens is 357 g/mol. The Kier molecular flexibility index (Phi) is 7.30. The number of anilines is 1. The topological polar surface area (TPSA) is 90.9 Å². The van der Waals surface area contributed by atoms with Crippen molar-refractivity contribution >= 4 is 23.5 Å². The molecule has 1 amide bonds. The first-order valence-electron chi connectivity index (χ1n) is 8.09. The van der Waals surface area contributed by atoms with Gasteiger partial charge in [-0.15, -0.1) is 0 Å². The van der Waals surface area contributed by atoms with Crippen LogP contribution in [-0.2, 0) is 19.1 Å². The lowest BCUT2D eigenvalue weighted by Crippen LogP contribution is -2.23. The molecule has 2 aromatic rings. The van der Waals surface area contributed by atoms with Gasteiger partial charge in [-0.05, 0) is 43.3 Å². The second-order valence-electron chi connectivity index (χ2n) is 5.23. The van der Waals surface area contributed by atoms with Crippen LogP contribution < -0.4 is 10.1 Å². The van der Waals surface area contributed by atoms with Crippen LogP contribution in [0.5, 0.6) is 5.75 Å². The Morgan fingerprint density at radius 2 is 1.67 bits per heavy atom. The van der Waals surface area contributed by atoms with Crippen molar-refractivity contribution in [2.75, 3.05) is 25.1 Å². The van der Waals surface area contributed by atoms with Gasteiger partial charge in [-0.3, -0.25) is 4.79 Å². The molecular formula is C19H18FNO6. The van der Waals surface area contributed by atoms with Gasteiger partial charge >= 0.3 is 11.9 Å². The van der Waals surface area contributed by atoms with Crippen LogP contribution in [0.4, 0.5) is 10.1 Å². The van der Waals surface area contributed by atoms with Gasteiger partial charge in [-0.2, -0.15) is 0 Å². The molecule has 2 rings (SSSR count). The van der Waals surface area contributed by atoms with Crippen LogP contribution in [-0.4, -0.2) is 37.7 Å². The van der Waals surface area contributed by atoms with E-state index in [0.29, 0.717) is 11.3 Å². The summed E-state index contributed by atoms with van der Waals surface area (Å²) in [6.07, 6.45) is 0. The third-order valence-corrected chi connectivity index (χ3v) is 3.23. The van der Waals surface area contributed by atoms with Crippen LogP contribution in [0.3, 0.4) is 0 Å². The fraction of sp³-hybridized carbons (Fsp3) is 0.211. The zero-order valence-electron chi connectivity index (χ0n) is 14.6. The first kappa shape index (κ1) is 19.9. The minimum atomic E-state index is -0.814. The van der Waals surface area contributed by atoms with E-state index in [1.807, 2.05) is 0 Å². The van der Waals surface area contributed by atoms with Crippen molar-refractivity contribution in [3.63, 3.8) is 0 Å². The Labute approximate surface area is 155 Å². The monoisotopic (exact) mass is 375 g/mol. The summed E-state index contributed by atoms with van der Waals surface area (Å²) in [5.41, 5.74) is 0.776. The highest BCUT2D eigenvalue weighted by molar-refractivity contribution is 5.94. The average molecular weight is 375 g/mol. The van der Waals surface area contributed by atoms with Crippen LogP contribution in [0.2, 0.25) is 0 Å². The molecule has 0 radical (unpaired) electrons. The lowest BCUT2D eigenvalue weighted by Gasteiger charge is -2.09. The number of para-hydroxylation sites is 1. The molecule has 0 aromatic heterocycles. The van der Waals surface area contributed by atoms with Crippen molar-refractivity contribution < 1.29 is 33.0 Å². The minimum absolute atomic E-state index is 0.0828. The number of halogens is 1. The van der Waals surface area contributed by atoms with E-state index >= 15 is 0 Å². The van der Waals surface area contributed by atoms with E-state index in [2.05, 4.69) is 5.32 Å². The second-order valence-corrected chi connectivity index (χ2v) is 5.23. The number of benzene rings is 2. The largest absolute Gasteiger partial charge is 0.479 e. The van der Waals surface area contributed by atoms with E-state index in [1.165, 1.54) is 42.5 Å². The number of rotatable bonds is 8. The van der Waals surface area contributed by atoms with E-state index < -0.39 is 36.9 Å². The summed E-state index contributed by atoms with van der Waals surface area (Å²) in [7, 11) is 0. The minimum Gasteiger partial charge on any atom is -0.479 e. The molecule has 1 N–H and O–H groups in total. The average Bonchev–Trinajstić information content (AvgIpc) is 2.66. The van der Waals surface area contributed by atoms with Crippen molar-refractivity contribution in [3.05, 3.63) is 59.9 Å². The quantitative estimate of drug-likeness (QED) is 0.713. The maximum Gasteiger partial charge on any atom is 0.344 e. The molecule has 0 saturated carbocycles. The van der Waals surface area contributed by atoms with Crippen molar-refractivity contribution in [1.29, 1.82) is 0 Å². The molecule has 8 heteroatoms. The van der Waals surface area contributed by atoms with Gasteiger partial charge in [0.05, 0.1) is 12.2 Å². The van der Waals surface area contributed by atoms with Crippen molar-refractivity contribution in [3.8, 4) is 5.75 Å². The first-order chi connectivity index (χ1) is 13.0. The zero-order valence-corrected chi connectivity index (χ0v) is 14.6. The molecule has 0 aliphatic heterocycles. The summed E-state index contributed by atoms with van der Waals surface area (Å²) in [6.45, 7) is 0.917. The molecule has 142 valence electrons. The number of hydrogen-bond donors (Lipinski definition) is 1. The summed E-state index contributed by atoms with van der Waals surface area (Å²) < 4.78 is 27.9. The Hall–Kier alpha value is -3.42. The molecule has 0 atom stereocenters. The summed E-state index contributed by atoms with van der Waals surface area (Å²) in [6, 6.07) is 11.7. The van der Waals surface area contributed by atoms with Crippen molar-refractivity contribution in [2.45, 2.75) is 6.92 Å². The number of amides is 1. The SMILES string of the molecule is CCOC(=O)c1ccc(NC(=O)COC(=O)COc2ccccc2F)cc1. The van der Waals surface area contributed by atoms with Gasteiger partial charge in [0, 0.05) is 5.69 Å². The van der Waals surface area contributed by atoms with Gasteiger partial charge in [0.2, 0.25) is 0 Å². The predicted molar refractivity (Wildman–Crippen MR) is 93.9 cm³/mol. The van der Waals surface area contributed by atoms with Gasteiger partial charge in [0.1, 0.15) is 0 Å². The van der Waals surface area contributed by atoms with Crippen LogP contribution in [0.15, 0.2) is 48.5 Å². The molecule has 0 heterocycles. The first-order valence-corrected chi connectivity index (χ1v) is 8.09. The van der Waals surface area contributed by atoms with Gasteiger partial charge in [-0.1, -0.05) is 12.1 Å². The smallest absolute Gasteiger partial charge is 0.344 e. The van der Waals surface area contributed by atoms with Gasteiger partial charge in [0.15, 0.2) is 24.8 Å². The normalized spacial score (nSPS) is 10.0. The standard InChI is InChI=1S/C19H18FNO6/c1-2-25-19(24)13-7-9-14(10-8-13)21-17(22)11-27-18(23)12-26-16-6-4-3-5-15(16)20/h3-10H,2,11-12H2,1H3,(H,21,22). The summed E-state index contributed by atoms with van der Waals surface area (Å²) in [4.78, 5) is 34.9. The second kappa shape index (κ2) is 9.91. The molecule has 0 fully saturated rings. The fourth-order valence-corrected chi connectivity index (χ4v) is 1.99. The third-order valence-electron chi connectivity index (χ3n) is 3.23. The molecule has 0 unspecified atom stereocenters. The van der Waals surface area contributed by atoms with E-state index in [9.17, 15) is 18.8 Å². The fourth-order valence-electron chi connectivity index (χ4n) is 1.99. The highest BCUT2D eigenvalue weighted by Crippen LogP contribution is 2.15. The molecule has 0 aliphatic carbocycles. The highest BCUT2D eigenvalue weighted by Gasteiger charge is 2.11. The maximum absolute atomic E-state index is 13.3. The number of hydrogen-bond acceptors (Lipinski definition) is 6. The molecule has 2 aromatic carbocycles. The van der Waals surface area contributed by atoms with Crippen LogP contribution in [0, 0.1) is 5.82 Å². The van der Waals surface area contributed by atoms with E-state index in [0.717, 1.165) is 0 Å². The Morgan fingerprint density at radius 1 is 0.963 bits per heavy atom. The number of esters is 2. The van der Waals surface area contributed by atoms with Crippen molar-refractivity contribution in [1.82, 2.24) is 0 Å². The summed E-state index contributed by atoms with van der Waals surface area (Å²) in [5.74, 6) is -2.53. The van der Waals surface area contributed by atoms with Gasteiger partial charge < -0.3 is 19.5 Å². The Balaban J connectivity index is 1.74. The summed E-state index contributed by atoms with van der Waals surface area (Å²) >= 11 is 0. The van der Waals surface area contributed by atoms with E-state index in [1.54, 1.807) is 13.0 Å². The van der Waals surface area contributed by atoms with Gasteiger partial charge in [-0.25, -0.2) is 14.0 Å². The molecule has 0 saturated heterocycles. The number of carbonyl (C=O) groups excluding carboxylic acids is 3. The highest BCUT2D eigenvalue weighted by atomic mass is 19.1. The van der Waals surface area contributed by atoms with E-state index in [4.69, 9.17) is 14.2 Å². The predicted octanol–water partition coefficient (Wildman–Crippen LogP) is 2.56. The van der Waals surface area contributed by atoms with Crippen LogP contribution in [0.25, 0.3) is 0 Å². The van der Waals surface area contributed by atoms with Crippen LogP contribution >= 0.6 is 0 Å². The molecule has 0 spiro atoms. The third kappa shape index (κ3) is 6.43. The zero-order chi connectivity index (χ0) is 19.6. The molecule has 0 bridgehead atoms. The van der Waals surface area contributed by atoms with Crippen LogP contribution in [0.1, 0.15) is 17.3 Å².